The molecule has 0 unspecified atom stereocenters. The third kappa shape index (κ3) is 4.20. The van der Waals surface area contributed by atoms with Gasteiger partial charge in [-0.15, -0.1) is 11.3 Å². The van der Waals surface area contributed by atoms with Gasteiger partial charge in [0.15, 0.2) is 0 Å². The average Bonchev–Trinajstić information content (AvgIpc) is 2.95. The largest absolute Gasteiger partial charge is 0.373 e. The molecule has 24 heavy (non-hydrogen) atoms. The number of amides is 1. The molecule has 0 bridgehead atoms. The number of nitrogens with zero attached hydrogens (tertiary/aromatic N) is 2. The maximum atomic E-state index is 12.4. The smallest absolute Gasteiger partial charge is 0.267 e. The highest BCUT2D eigenvalue weighted by molar-refractivity contribution is 7.13. The molecule has 3 rings (SSSR count). The Labute approximate surface area is 146 Å². The van der Waals surface area contributed by atoms with Crippen LogP contribution in [0.1, 0.15) is 34.1 Å². The van der Waals surface area contributed by atoms with Crippen LogP contribution in [0.15, 0.2) is 30.5 Å². The SMILES string of the molecule is Cc1ncc(C(=O)Nc2ccccc2CN2C[C@H](C)O[C@@H](C)C2)s1. The van der Waals surface area contributed by atoms with Crippen LogP contribution in [-0.4, -0.2) is 41.1 Å². The minimum atomic E-state index is -0.100. The number of carbonyl (C=O) groups excluding carboxylic acids is 1. The number of hydrogen-bond acceptors (Lipinski definition) is 5. The Morgan fingerprint density at radius 1 is 1.33 bits per heavy atom. The van der Waals surface area contributed by atoms with E-state index in [-0.39, 0.29) is 18.1 Å². The van der Waals surface area contributed by atoms with E-state index in [0.717, 1.165) is 35.9 Å². The number of benzene rings is 1. The molecule has 6 heteroatoms. The van der Waals surface area contributed by atoms with Crippen LogP contribution in [0, 0.1) is 6.92 Å². The third-order valence-corrected chi connectivity index (χ3v) is 4.91. The molecule has 0 saturated carbocycles. The van der Waals surface area contributed by atoms with Gasteiger partial charge in [-0.25, -0.2) is 4.98 Å². The lowest BCUT2D eigenvalue weighted by molar-refractivity contribution is -0.0704. The first-order valence-corrected chi connectivity index (χ1v) is 9.02. The van der Waals surface area contributed by atoms with Gasteiger partial charge in [0.1, 0.15) is 4.88 Å². The van der Waals surface area contributed by atoms with Crippen LogP contribution in [0.4, 0.5) is 5.69 Å². The number of morpholine rings is 1. The van der Waals surface area contributed by atoms with Crippen LogP contribution >= 0.6 is 11.3 Å². The van der Waals surface area contributed by atoms with Crippen molar-refractivity contribution in [2.45, 2.75) is 39.5 Å². The summed E-state index contributed by atoms with van der Waals surface area (Å²) in [6.07, 6.45) is 2.09. The first kappa shape index (κ1) is 17.1. The van der Waals surface area contributed by atoms with Gasteiger partial charge in [0.2, 0.25) is 0 Å². The first-order chi connectivity index (χ1) is 11.5. The molecule has 1 aliphatic heterocycles. The maximum Gasteiger partial charge on any atom is 0.267 e. The van der Waals surface area contributed by atoms with Crippen molar-refractivity contribution in [2.75, 3.05) is 18.4 Å². The molecular weight excluding hydrogens is 322 g/mol. The molecule has 1 aliphatic rings. The van der Waals surface area contributed by atoms with Crippen LogP contribution in [-0.2, 0) is 11.3 Å². The molecule has 1 N–H and O–H groups in total. The summed E-state index contributed by atoms with van der Waals surface area (Å²) in [6.45, 7) is 8.71. The third-order valence-electron chi connectivity index (χ3n) is 4.00. The number of carbonyl (C=O) groups is 1. The Bertz CT molecular complexity index is 706. The normalized spacial score (nSPS) is 21.6. The minimum Gasteiger partial charge on any atom is -0.373 e. The molecule has 1 aromatic carbocycles. The summed E-state index contributed by atoms with van der Waals surface area (Å²) >= 11 is 1.41. The standard InChI is InChI=1S/C18H23N3O2S/c1-12-9-21(10-13(2)23-12)11-15-6-4-5-7-16(15)20-18(22)17-8-19-14(3)24-17/h4-8,12-13H,9-11H2,1-3H3,(H,20,22)/t12-,13-/m0/s1. The number of nitrogens with one attached hydrogen (secondary N) is 1. The summed E-state index contributed by atoms with van der Waals surface area (Å²) in [4.78, 5) is 19.6. The molecule has 2 atom stereocenters. The molecule has 1 saturated heterocycles. The minimum absolute atomic E-state index is 0.100. The van der Waals surface area contributed by atoms with Crippen molar-refractivity contribution in [3.8, 4) is 0 Å². The number of thiazole rings is 1. The monoisotopic (exact) mass is 345 g/mol. The van der Waals surface area contributed by atoms with Crippen molar-refractivity contribution in [1.82, 2.24) is 9.88 Å². The van der Waals surface area contributed by atoms with Crippen LogP contribution in [0.25, 0.3) is 0 Å². The fourth-order valence-corrected chi connectivity index (χ4v) is 3.76. The Balaban J connectivity index is 1.72. The number of para-hydroxylation sites is 1. The second-order valence-electron chi connectivity index (χ2n) is 6.31. The van der Waals surface area contributed by atoms with Gasteiger partial charge in [0, 0.05) is 25.3 Å². The second-order valence-corrected chi connectivity index (χ2v) is 7.54. The van der Waals surface area contributed by atoms with Crippen molar-refractivity contribution in [3.05, 3.63) is 45.9 Å². The highest BCUT2D eigenvalue weighted by Crippen LogP contribution is 2.22. The lowest BCUT2D eigenvalue weighted by Gasteiger charge is -2.35. The van der Waals surface area contributed by atoms with E-state index in [9.17, 15) is 4.79 Å². The number of ether oxygens (including phenoxy) is 1. The van der Waals surface area contributed by atoms with Gasteiger partial charge in [0.05, 0.1) is 23.4 Å². The molecule has 1 amide bonds. The highest BCUT2D eigenvalue weighted by Gasteiger charge is 2.23. The highest BCUT2D eigenvalue weighted by atomic mass is 32.1. The van der Waals surface area contributed by atoms with Gasteiger partial charge in [-0.3, -0.25) is 9.69 Å². The van der Waals surface area contributed by atoms with E-state index in [0.29, 0.717) is 4.88 Å². The summed E-state index contributed by atoms with van der Waals surface area (Å²) in [7, 11) is 0. The molecule has 128 valence electrons. The molecule has 1 fully saturated rings. The average molecular weight is 345 g/mol. The number of rotatable bonds is 4. The number of anilines is 1. The van der Waals surface area contributed by atoms with E-state index < -0.39 is 0 Å². The van der Waals surface area contributed by atoms with Gasteiger partial charge in [0.25, 0.3) is 5.91 Å². The van der Waals surface area contributed by atoms with Gasteiger partial charge in [-0.05, 0) is 32.4 Å². The topological polar surface area (TPSA) is 54.5 Å². The summed E-state index contributed by atoms with van der Waals surface area (Å²) in [6, 6.07) is 7.98. The fraction of sp³-hybridized carbons (Fsp3) is 0.444. The van der Waals surface area contributed by atoms with Crippen LogP contribution in [0.5, 0.6) is 0 Å². The summed E-state index contributed by atoms with van der Waals surface area (Å²) < 4.78 is 5.79. The van der Waals surface area contributed by atoms with Crippen LogP contribution in [0.3, 0.4) is 0 Å². The fourth-order valence-electron chi connectivity index (χ4n) is 3.08. The van der Waals surface area contributed by atoms with Gasteiger partial charge < -0.3 is 10.1 Å². The molecule has 5 nitrogen and oxygen atoms in total. The van der Waals surface area contributed by atoms with E-state index in [4.69, 9.17) is 4.74 Å². The summed E-state index contributed by atoms with van der Waals surface area (Å²) in [5, 5.41) is 3.92. The van der Waals surface area contributed by atoms with E-state index in [1.165, 1.54) is 11.3 Å². The maximum absolute atomic E-state index is 12.4. The van der Waals surface area contributed by atoms with Crippen molar-refractivity contribution < 1.29 is 9.53 Å². The van der Waals surface area contributed by atoms with E-state index in [2.05, 4.69) is 35.1 Å². The molecule has 0 aliphatic carbocycles. The summed E-state index contributed by atoms with van der Waals surface area (Å²) in [5.41, 5.74) is 1.98. The van der Waals surface area contributed by atoms with E-state index in [1.807, 2.05) is 25.1 Å². The Kier molecular flexibility index (Phi) is 5.28. The van der Waals surface area contributed by atoms with E-state index >= 15 is 0 Å². The molecule has 2 heterocycles. The molecule has 1 aromatic heterocycles. The predicted octanol–water partition coefficient (Wildman–Crippen LogP) is 3.31. The zero-order valence-electron chi connectivity index (χ0n) is 14.3. The predicted molar refractivity (Wildman–Crippen MR) is 96.5 cm³/mol. The molecular formula is C18H23N3O2S. The Morgan fingerprint density at radius 3 is 2.71 bits per heavy atom. The lowest BCUT2D eigenvalue weighted by atomic mass is 10.1. The van der Waals surface area contributed by atoms with Gasteiger partial charge in [-0.1, -0.05) is 18.2 Å². The van der Waals surface area contributed by atoms with Crippen molar-refractivity contribution in [3.63, 3.8) is 0 Å². The van der Waals surface area contributed by atoms with Crippen LogP contribution in [0.2, 0.25) is 0 Å². The zero-order chi connectivity index (χ0) is 17.1. The van der Waals surface area contributed by atoms with Gasteiger partial charge >= 0.3 is 0 Å². The van der Waals surface area contributed by atoms with Crippen molar-refractivity contribution in [1.29, 1.82) is 0 Å². The number of aromatic nitrogens is 1. The molecule has 0 radical (unpaired) electrons. The van der Waals surface area contributed by atoms with Crippen molar-refractivity contribution >= 4 is 22.9 Å². The zero-order valence-corrected chi connectivity index (χ0v) is 15.1. The van der Waals surface area contributed by atoms with Crippen molar-refractivity contribution in [2.24, 2.45) is 0 Å². The molecule has 0 spiro atoms. The lowest BCUT2D eigenvalue weighted by Crippen LogP contribution is -2.44. The quantitative estimate of drug-likeness (QED) is 0.924. The first-order valence-electron chi connectivity index (χ1n) is 8.21. The Hall–Kier alpha value is -1.76. The van der Waals surface area contributed by atoms with Gasteiger partial charge in [-0.2, -0.15) is 0 Å². The summed E-state index contributed by atoms with van der Waals surface area (Å²) in [5.74, 6) is -0.100. The second kappa shape index (κ2) is 7.42. The van der Waals surface area contributed by atoms with Crippen LogP contribution < -0.4 is 5.32 Å². The molecule has 2 aromatic rings. The number of hydrogen-bond donors (Lipinski definition) is 1. The Morgan fingerprint density at radius 2 is 2.04 bits per heavy atom. The van der Waals surface area contributed by atoms with E-state index in [1.54, 1.807) is 6.20 Å². The number of aryl methyl sites for hydroxylation is 1.